The summed E-state index contributed by atoms with van der Waals surface area (Å²) < 4.78 is 0.950. The van der Waals surface area contributed by atoms with Crippen molar-refractivity contribution in [1.29, 1.82) is 0 Å². The fraction of sp³-hybridized carbons (Fsp3) is 0.250. The van der Waals surface area contributed by atoms with Gasteiger partial charge in [-0.1, -0.05) is 0 Å². The lowest BCUT2D eigenvalue weighted by Gasteiger charge is -2.12. The Kier molecular flexibility index (Phi) is 2.18. The molecule has 0 amide bonds. The maximum Gasteiger partial charge on any atom is 0.122 e. The molecule has 2 heterocycles. The Hall–Kier alpha value is -1.10. The molecule has 0 unspecified atom stereocenters. The number of anilines is 1. The summed E-state index contributed by atoms with van der Waals surface area (Å²) in [5.74, 6) is 0.681. The van der Waals surface area contributed by atoms with Crippen LogP contribution < -0.4 is 10.7 Å². The fourth-order valence-electron chi connectivity index (χ4n) is 1.20. The highest BCUT2D eigenvalue weighted by atomic mass is 79.9. The minimum absolute atomic E-state index is 0.681. The Morgan fingerprint density at radius 2 is 2.31 bits per heavy atom. The van der Waals surface area contributed by atoms with E-state index >= 15 is 0 Å². The van der Waals surface area contributed by atoms with E-state index in [2.05, 4.69) is 26.0 Å². The molecule has 1 aliphatic rings. The smallest absolute Gasteiger partial charge is 0.122 e. The summed E-state index contributed by atoms with van der Waals surface area (Å²) >= 11 is 3.36. The van der Waals surface area contributed by atoms with Gasteiger partial charge in [0, 0.05) is 23.6 Å². The molecule has 0 atom stereocenters. The van der Waals surface area contributed by atoms with Crippen molar-refractivity contribution in [3.8, 4) is 0 Å². The van der Waals surface area contributed by atoms with Gasteiger partial charge in [0.1, 0.15) is 5.84 Å². The van der Waals surface area contributed by atoms with Crippen molar-refractivity contribution in [2.75, 3.05) is 11.6 Å². The van der Waals surface area contributed by atoms with E-state index in [9.17, 15) is 0 Å². The zero-order valence-electron chi connectivity index (χ0n) is 6.94. The topological polar surface area (TPSA) is 54.5 Å². The number of pyridine rings is 1. The SMILES string of the molecule is NC1=NN(c2cncc(Br)c2)CC1. The lowest BCUT2D eigenvalue weighted by atomic mass is 10.4. The Balaban J connectivity index is 2.26. The Morgan fingerprint density at radius 1 is 1.46 bits per heavy atom. The molecular weight excluding hydrogens is 232 g/mol. The maximum absolute atomic E-state index is 5.58. The number of hydrazone groups is 1. The van der Waals surface area contributed by atoms with Crippen molar-refractivity contribution in [3.63, 3.8) is 0 Å². The molecule has 0 bridgehead atoms. The first kappa shape index (κ1) is 8.50. The lowest BCUT2D eigenvalue weighted by molar-refractivity contribution is 0.916. The number of hydrogen-bond acceptors (Lipinski definition) is 4. The van der Waals surface area contributed by atoms with Crippen molar-refractivity contribution in [3.05, 3.63) is 22.9 Å². The zero-order valence-corrected chi connectivity index (χ0v) is 8.53. The van der Waals surface area contributed by atoms with E-state index in [0.29, 0.717) is 5.84 Å². The maximum atomic E-state index is 5.58. The summed E-state index contributed by atoms with van der Waals surface area (Å²) in [7, 11) is 0. The number of hydrogen-bond donors (Lipinski definition) is 1. The van der Waals surface area contributed by atoms with E-state index < -0.39 is 0 Å². The summed E-state index contributed by atoms with van der Waals surface area (Å²) in [4.78, 5) is 4.06. The van der Waals surface area contributed by atoms with Gasteiger partial charge in [-0.05, 0) is 22.0 Å². The summed E-state index contributed by atoms with van der Waals surface area (Å²) in [6, 6.07) is 1.97. The van der Waals surface area contributed by atoms with Crippen LogP contribution in [0.1, 0.15) is 6.42 Å². The highest BCUT2D eigenvalue weighted by molar-refractivity contribution is 9.10. The first-order chi connectivity index (χ1) is 6.25. The molecule has 5 heteroatoms. The second-order valence-electron chi connectivity index (χ2n) is 2.83. The number of halogens is 1. The Morgan fingerprint density at radius 3 is 2.92 bits per heavy atom. The van der Waals surface area contributed by atoms with Crippen LogP contribution in [0, 0.1) is 0 Å². The third kappa shape index (κ3) is 1.80. The summed E-state index contributed by atoms with van der Waals surface area (Å²) in [6.07, 6.45) is 4.34. The number of rotatable bonds is 1. The van der Waals surface area contributed by atoms with Gasteiger partial charge in [0.05, 0.1) is 11.9 Å². The van der Waals surface area contributed by atoms with Crippen LogP contribution in [-0.2, 0) is 0 Å². The Labute approximate surface area is 84.6 Å². The second kappa shape index (κ2) is 3.33. The molecule has 13 heavy (non-hydrogen) atoms. The third-order valence-electron chi connectivity index (χ3n) is 1.82. The van der Waals surface area contributed by atoms with E-state index in [1.165, 1.54) is 0 Å². The summed E-state index contributed by atoms with van der Waals surface area (Å²) in [6.45, 7) is 0.837. The third-order valence-corrected chi connectivity index (χ3v) is 2.25. The largest absolute Gasteiger partial charge is 0.386 e. The Bertz CT molecular complexity index is 350. The van der Waals surface area contributed by atoms with E-state index in [4.69, 9.17) is 5.73 Å². The first-order valence-corrected chi connectivity index (χ1v) is 4.76. The quantitative estimate of drug-likeness (QED) is 0.806. The van der Waals surface area contributed by atoms with Crippen molar-refractivity contribution in [2.24, 2.45) is 10.8 Å². The highest BCUT2D eigenvalue weighted by Crippen LogP contribution is 2.20. The van der Waals surface area contributed by atoms with Gasteiger partial charge in [-0.3, -0.25) is 9.99 Å². The van der Waals surface area contributed by atoms with Crippen molar-refractivity contribution in [1.82, 2.24) is 4.98 Å². The molecule has 2 rings (SSSR count). The molecule has 0 saturated carbocycles. The molecule has 4 nitrogen and oxygen atoms in total. The molecule has 1 aromatic rings. The van der Waals surface area contributed by atoms with Crippen LogP contribution in [0.2, 0.25) is 0 Å². The van der Waals surface area contributed by atoms with Crippen LogP contribution in [0.4, 0.5) is 5.69 Å². The predicted octanol–water partition coefficient (Wildman–Crippen LogP) is 1.33. The van der Waals surface area contributed by atoms with E-state index in [0.717, 1.165) is 23.1 Å². The molecule has 1 aromatic heterocycles. The van der Waals surface area contributed by atoms with Gasteiger partial charge in [0.15, 0.2) is 0 Å². The van der Waals surface area contributed by atoms with Gasteiger partial charge >= 0.3 is 0 Å². The molecule has 2 N–H and O–H groups in total. The molecule has 0 fully saturated rings. The normalized spacial score (nSPS) is 16.1. The first-order valence-electron chi connectivity index (χ1n) is 3.97. The lowest BCUT2D eigenvalue weighted by Crippen LogP contribution is -2.11. The van der Waals surface area contributed by atoms with Gasteiger partial charge in [-0.25, -0.2) is 0 Å². The van der Waals surface area contributed by atoms with Crippen LogP contribution in [0.25, 0.3) is 0 Å². The number of amidine groups is 1. The molecule has 68 valence electrons. The van der Waals surface area contributed by atoms with Crippen molar-refractivity contribution < 1.29 is 0 Å². The van der Waals surface area contributed by atoms with Crippen LogP contribution in [0.5, 0.6) is 0 Å². The van der Waals surface area contributed by atoms with Crippen molar-refractivity contribution in [2.45, 2.75) is 6.42 Å². The number of aromatic nitrogens is 1. The van der Waals surface area contributed by atoms with E-state index in [-0.39, 0.29) is 0 Å². The van der Waals surface area contributed by atoms with Gasteiger partial charge in [-0.15, -0.1) is 0 Å². The minimum Gasteiger partial charge on any atom is -0.386 e. The number of nitrogens with zero attached hydrogens (tertiary/aromatic N) is 3. The van der Waals surface area contributed by atoms with Crippen LogP contribution >= 0.6 is 15.9 Å². The molecular formula is C8H9BrN4. The average Bonchev–Trinajstić information content (AvgIpc) is 2.52. The molecule has 0 aromatic carbocycles. The van der Waals surface area contributed by atoms with Gasteiger partial charge < -0.3 is 5.73 Å². The molecule has 0 spiro atoms. The van der Waals surface area contributed by atoms with Crippen LogP contribution in [-0.4, -0.2) is 17.4 Å². The second-order valence-corrected chi connectivity index (χ2v) is 3.74. The molecule has 0 saturated heterocycles. The van der Waals surface area contributed by atoms with E-state index in [1.54, 1.807) is 12.4 Å². The number of nitrogens with two attached hydrogens (primary N) is 1. The predicted molar refractivity (Wildman–Crippen MR) is 55.5 cm³/mol. The minimum atomic E-state index is 0.681. The average molecular weight is 241 g/mol. The molecule has 0 aliphatic carbocycles. The van der Waals surface area contributed by atoms with Crippen LogP contribution in [0.3, 0.4) is 0 Å². The van der Waals surface area contributed by atoms with Gasteiger partial charge in [-0.2, -0.15) is 5.10 Å². The van der Waals surface area contributed by atoms with E-state index in [1.807, 2.05) is 11.1 Å². The summed E-state index contributed by atoms with van der Waals surface area (Å²) in [5.41, 5.74) is 6.54. The zero-order chi connectivity index (χ0) is 9.26. The standard InChI is InChI=1S/C8H9BrN4/c9-6-3-7(5-11-4-6)13-2-1-8(10)12-13/h3-5H,1-2H2,(H2,10,12). The molecule has 0 radical (unpaired) electrons. The monoisotopic (exact) mass is 240 g/mol. The van der Waals surface area contributed by atoms with Gasteiger partial charge in [0.2, 0.25) is 0 Å². The summed E-state index contributed by atoms with van der Waals surface area (Å²) in [5, 5.41) is 6.02. The van der Waals surface area contributed by atoms with Crippen LogP contribution in [0.15, 0.2) is 28.0 Å². The highest BCUT2D eigenvalue weighted by Gasteiger charge is 2.13. The van der Waals surface area contributed by atoms with Crippen molar-refractivity contribution >= 4 is 27.5 Å². The van der Waals surface area contributed by atoms with Gasteiger partial charge in [0.25, 0.3) is 0 Å². The fourth-order valence-corrected chi connectivity index (χ4v) is 1.56. The molecule has 1 aliphatic heterocycles.